The van der Waals surface area contributed by atoms with Gasteiger partial charge in [0.1, 0.15) is 0 Å². The summed E-state index contributed by atoms with van der Waals surface area (Å²) in [6, 6.07) is 4.19. The maximum atomic E-state index is 11.2. The van der Waals surface area contributed by atoms with Gasteiger partial charge in [-0.15, -0.1) is 0 Å². The molecule has 1 fully saturated rings. The van der Waals surface area contributed by atoms with Gasteiger partial charge in [-0.2, -0.15) is 0 Å². The van der Waals surface area contributed by atoms with Crippen LogP contribution in [-0.2, 0) is 0 Å². The second-order valence-corrected chi connectivity index (χ2v) is 6.66. The molecule has 21 heavy (non-hydrogen) atoms. The molecule has 1 saturated heterocycles. The number of carbonyl (C=O) groups is 1. The zero-order valence-corrected chi connectivity index (χ0v) is 12.6. The van der Waals surface area contributed by atoms with Crippen molar-refractivity contribution in [2.45, 2.75) is 32.1 Å². The van der Waals surface area contributed by atoms with Crippen LogP contribution >= 0.6 is 0 Å². The van der Waals surface area contributed by atoms with E-state index in [1.54, 1.807) is 0 Å². The number of piperidine rings is 1. The quantitative estimate of drug-likeness (QED) is 0.748. The number of nitrogens with two attached hydrogens (primary N) is 1. The van der Waals surface area contributed by atoms with E-state index < -0.39 is 6.09 Å². The van der Waals surface area contributed by atoms with Crippen molar-refractivity contribution in [3.8, 4) is 0 Å². The highest BCUT2D eigenvalue weighted by Crippen LogP contribution is 2.48. The standard InChI is InChI=1S/C16H23N3O2/c1-9(2)6-18-15-5-13-11-3-10(12(13)4-14(15)17)7-19(8-11)16(20)21/h4-5,9-11,18H,3,6-8,17H2,1-2H3,(H,20,21). The summed E-state index contributed by atoms with van der Waals surface area (Å²) < 4.78 is 0. The molecule has 2 aliphatic rings. The molecular formula is C16H23N3O2. The van der Waals surface area contributed by atoms with Gasteiger partial charge in [-0.25, -0.2) is 4.79 Å². The minimum Gasteiger partial charge on any atom is -0.465 e. The number of anilines is 2. The van der Waals surface area contributed by atoms with Crippen LogP contribution in [0, 0.1) is 5.92 Å². The SMILES string of the molecule is CC(C)CNc1cc2c(cc1N)C1CC2CN(C(=O)O)C1. The maximum absolute atomic E-state index is 11.2. The Morgan fingerprint density at radius 3 is 2.57 bits per heavy atom. The number of likely N-dealkylation sites (tertiary alicyclic amines) is 1. The van der Waals surface area contributed by atoms with Crippen LogP contribution in [0.15, 0.2) is 12.1 Å². The maximum Gasteiger partial charge on any atom is 0.407 e. The molecule has 114 valence electrons. The molecule has 2 bridgehead atoms. The fourth-order valence-electron chi connectivity index (χ4n) is 3.53. The van der Waals surface area contributed by atoms with Gasteiger partial charge in [-0.05, 0) is 35.6 Å². The fraction of sp³-hybridized carbons (Fsp3) is 0.562. The summed E-state index contributed by atoms with van der Waals surface area (Å²) >= 11 is 0. The van der Waals surface area contributed by atoms with Crippen LogP contribution in [0.2, 0.25) is 0 Å². The summed E-state index contributed by atoms with van der Waals surface area (Å²) in [5.74, 6) is 1.17. The Hall–Kier alpha value is -1.91. The van der Waals surface area contributed by atoms with Gasteiger partial charge in [0.05, 0.1) is 11.4 Å². The molecule has 1 heterocycles. The first-order valence-electron chi connectivity index (χ1n) is 7.60. The van der Waals surface area contributed by atoms with Crippen molar-refractivity contribution < 1.29 is 9.90 Å². The van der Waals surface area contributed by atoms with Crippen molar-refractivity contribution in [1.82, 2.24) is 4.90 Å². The summed E-state index contributed by atoms with van der Waals surface area (Å²) in [7, 11) is 0. The van der Waals surface area contributed by atoms with E-state index in [2.05, 4.69) is 25.2 Å². The molecule has 0 spiro atoms. The van der Waals surface area contributed by atoms with E-state index in [1.165, 1.54) is 16.0 Å². The van der Waals surface area contributed by atoms with Crippen molar-refractivity contribution in [2.75, 3.05) is 30.7 Å². The molecule has 1 aromatic carbocycles. The number of nitrogen functional groups attached to an aromatic ring is 1. The van der Waals surface area contributed by atoms with Gasteiger partial charge in [0, 0.05) is 31.5 Å². The predicted octanol–water partition coefficient (Wildman–Crippen LogP) is 2.90. The number of rotatable bonds is 3. The average molecular weight is 289 g/mol. The van der Waals surface area contributed by atoms with Gasteiger partial charge < -0.3 is 21.1 Å². The minimum atomic E-state index is -0.816. The van der Waals surface area contributed by atoms with Gasteiger partial charge >= 0.3 is 6.09 Å². The lowest BCUT2D eigenvalue weighted by Gasteiger charge is -2.29. The zero-order valence-electron chi connectivity index (χ0n) is 12.6. The Kier molecular flexibility index (Phi) is 3.43. The van der Waals surface area contributed by atoms with E-state index in [4.69, 9.17) is 5.73 Å². The number of amides is 1. The van der Waals surface area contributed by atoms with Gasteiger partial charge in [-0.3, -0.25) is 0 Å². The Bertz CT molecular complexity index is 571. The van der Waals surface area contributed by atoms with E-state index in [-0.39, 0.29) is 0 Å². The number of nitrogens with one attached hydrogen (secondary N) is 1. The van der Waals surface area contributed by atoms with Crippen LogP contribution in [-0.4, -0.2) is 35.7 Å². The van der Waals surface area contributed by atoms with Crippen molar-refractivity contribution in [3.05, 3.63) is 23.3 Å². The predicted molar refractivity (Wildman–Crippen MR) is 83.9 cm³/mol. The highest BCUT2D eigenvalue weighted by molar-refractivity contribution is 5.71. The molecule has 1 amide bonds. The summed E-state index contributed by atoms with van der Waals surface area (Å²) in [5.41, 5.74) is 10.4. The molecule has 1 aliphatic carbocycles. The molecule has 5 nitrogen and oxygen atoms in total. The Morgan fingerprint density at radius 1 is 1.38 bits per heavy atom. The van der Waals surface area contributed by atoms with Crippen LogP contribution in [0.1, 0.15) is 43.2 Å². The van der Waals surface area contributed by atoms with E-state index in [9.17, 15) is 9.90 Å². The normalized spacial score (nSPS) is 23.3. The van der Waals surface area contributed by atoms with Crippen LogP contribution in [0.5, 0.6) is 0 Å². The molecule has 4 N–H and O–H groups in total. The third kappa shape index (κ3) is 2.52. The van der Waals surface area contributed by atoms with Crippen LogP contribution < -0.4 is 11.1 Å². The second-order valence-electron chi connectivity index (χ2n) is 6.66. The highest BCUT2D eigenvalue weighted by Gasteiger charge is 2.39. The molecule has 3 rings (SSSR count). The van der Waals surface area contributed by atoms with E-state index >= 15 is 0 Å². The highest BCUT2D eigenvalue weighted by atomic mass is 16.4. The first-order valence-corrected chi connectivity index (χ1v) is 7.60. The first kappa shape index (κ1) is 14.0. The molecule has 0 saturated carbocycles. The lowest BCUT2D eigenvalue weighted by molar-refractivity contribution is 0.129. The van der Waals surface area contributed by atoms with Gasteiger partial charge in [0.25, 0.3) is 0 Å². The molecule has 0 radical (unpaired) electrons. The summed E-state index contributed by atoms with van der Waals surface area (Å²) in [5, 5.41) is 12.6. The fourth-order valence-corrected chi connectivity index (χ4v) is 3.53. The first-order chi connectivity index (χ1) is 9.95. The molecule has 5 heteroatoms. The van der Waals surface area contributed by atoms with Crippen molar-refractivity contribution in [3.63, 3.8) is 0 Å². The summed E-state index contributed by atoms with van der Waals surface area (Å²) in [4.78, 5) is 12.8. The molecule has 2 unspecified atom stereocenters. The van der Waals surface area contributed by atoms with Gasteiger partial charge in [0.2, 0.25) is 0 Å². The second kappa shape index (κ2) is 5.13. The summed E-state index contributed by atoms with van der Waals surface area (Å²) in [6.07, 6.45) is 0.232. The molecular weight excluding hydrogens is 266 g/mol. The van der Waals surface area contributed by atoms with E-state index in [1.807, 2.05) is 6.07 Å². The molecule has 1 aromatic rings. The van der Waals surface area contributed by atoms with Gasteiger partial charge in [0.15, 0.2) is 0 Å². The smallest absolute Gasteiger partial charge is 0.407 e. The van der Waals surface area contributed by atoms with Crippen molar-refractivity contribution in [2.24, 2.45) is 5.92 Å². The minimum absolute atomic E-state index is 0.302. The zero-order chi connectivity index (χ0) is 15.1. The monoisotopic (exact) mass is 289 g/mol. The number of hydrogen-bond acceptors (Lipinski definition) is 3. The van der Waals surface area contributed by atoms with Gasteiger partial charge in [-0.1, -0.05) is 13.8 Å². The summed E-state index contributed by atoms with van der Waals surface area (Å²) in [6.45, 7) is 6.41. The number of hydrogen-bond donors (Lipinski definition) is 3. The van der Waals surface area contributed by atoms with Crippen molar-refractivity contribution >= 4 is 17.5 Å². The van der Waals surface area contributed by atoms with Crippen LogP contribution in [0.4, 0.5) is 16.2 Å². The lowest BCUT2D eigenvalue weighted by atomic mass is 9.96. The Morgan fingerprint density at radius 2 is 2.00 bits per heavy atom. The average Bonchev–Trinajstić information content (AvgIpc) is 2.67. The number of fused-ring (bicyclic) bond motifs is 5. The van der Waals surface area contributed by atoms with Crippen LogP contribution in [0.25, 0.3) is 0 Å². The van der Waals surface area contributed by atoms with E-state index in [0.717, 1.165) is 24.3 Å². The Balaban J connectivity index is 1.88. The number of benzene rings is 1. The Labute approximate surface area is 125 Å². The third-order valence-corrected chi connectivity index (χ3v) is 4.56. The lowest BCUT2D eigenvalue weighted by Crippen LogP contribution is -2.38. The molecule has 2 atom stereocenters. The molecule has 1 aliphatic heterocycles. The van der Waals surface area contributed by atoms with E-state index in [0.29, 0.717) is 30.8 Å². The van der Waals surface area contributed by atoms with Crippen LogP contribution in [0.3, 0.4) is 0 Å². The molecule has 0 aromatic heterocycles. The number of nitrogens with zero attached hydrogens (tertiary/aromatic N) is 1. The third-order valence-electron chi connectivity index (χ3n) is 4.56. The largest absolute Gasteiger partial charge is 0.465 e. The number of carboxylic acid groups (broad SMARTS) is 1. The topological polar surface area (TPSA) is 78.6 Å². The van der Waals surface area contributed by atoms with Crippen molar-refractivity contribution in [1.29, 1.82) is 0 Å².